The number of allylic oxidation sites excluding steroid dienone is 2. The predicted octanol–water partition coefficient (Wildman–Crippen LogP) is 6.81. The van der Waals surface area contributed by atoms with E-state index < -0.39 is 0 Å². The number of fused-ring (bicyclic) bond motifs is 6. The van der Waals surface area contributed by atoms with Gasteiger partial charge in [-0.05, 0) is 85.3 Å². The monoisotopic (exact) mass is 432 g/mol. The largest absolute Gasteiger partial charge is 0.302 e. The van der Waals surface area contributed by atoms with Gasteiger partial charge in [0.15, 0.2) is 0 Å². The average molecular weight is 433 g/mol. The number of halogens is 1. The number of rotatable bonds is 1. The van der Waals surface area contributed by atoms with Gasteiger partial charge in [-0.15, -0.1) is 0 Å². The molecule has 0 aliphatic heterocycles. The highest BCUT2D eigenvalue weighted by Gasteiger charge is 2.52. The van der Waals surface area contributed by atoms with Gasteiger partial charge in [-0.1, -0.05) is 47.1 Å². The van der Waals surface area contributed by atoms with E-state index in [1.165, 1.54) is 47.8 Å². The van der Waals surface area contributed by atoms with E-state index in [1.54, 1.807) is 11.1 Å². The zero-order chi connectivity index (χ0) is 18.9. The first kappa shape index (κ1) is 17.0. The molecule has 28 heavy (non-hydrogen) atoms. The van der Waals surface area contributed by atoms with Crippen LogP contribution in [0.4, 0.5) is 0 Å². The minimum Gasteiger partial charge on any atom is -0.302 e. The molecule has 0 radical (unpaired) electrons. The van der Waals surface area contributed by atoms with Crippen LogP contribution in [-0.4, -0.2) is 9.55 Å². The van der Waals surface area contributed by atoms with Crippen LogP contribution in [0.3, 0.4) is 0 Å². The summed E-state index contributed by atoms with van der Waals surface area (Å²) in [5.41, 5.74) is 7.30. The van der Waals surface area contributed by atoms with Gasteiger partial charge >= 0.3 is 0 Å². The number of nitrogens with zero attached hydrogens (tertiary/aromatic N) is 2. The average Bonchev–Trinajstić information content (AvgIpc) is 3.28. The summed E-state index contributed by atoms with van der Waals surface area (Å²) in [6.07, 6.45) is 10.9. The standard InChI is InChI=1S/C25H25BrN2/c1-25-13-12-19-18-9-7-17(26)14-16(18)6-8-20(19)21(25)10-11-24(25)28-15-27-22-4-2-3-5-23(22)28/h2-5,7,9,11,14-15,19-21H,6,8,10,12-13H2,1H3/t19?,20?,21?,25-/m0/s1. The van der Waals surface area contributed by atoms with Crippen molar-refractivity contribution in [3.8, 4) is 0 Å². The second-order valence-corrected chi connectivity index (χ2v) is 10.1. The van der Waals surface area contributed by atoms with Crippen molar-refractivity contribution in [3.63, 3.8) is 0 Å². The van der Waals surface area contributed by atoms with Gasteiger partial charge in [-0.2, -0.15) is 0 Å². The number of para-hydroxylation sites is 2. The lowest BCUT2D eigenvalue weighted by molar-refractivity contribution is 0.0856. The van der Waals surface area contributed by atoms with E-state index in [-0.39, 0.29) is 5.41 Å². The molecule has 4 atom stereocenters. The molecule has 3 unspecified atom stereocenters. The second-order valence-electron chi connectivity index (χ2n) is 9.14. The van der Waals surface area contributed by atoms with Crippen LogP contribution in [0.2, 0.25) is 0 Å². The van der Waals surface area contributed by atoms with Crippen LogP contribution in [0.1, 0.15) is 49.7 Å². The highest BCUT2D eigenvalue weighted by Crippen LogP contribution is 2.62. The smallest absolute Gasteiger partial charge is 0.100 e. The molecule has 1 heterocycles. The topological polar surface area (TPSA) is 17.8 Å². The fourth-order valence-electron chi connectivity index (χ4n) is 6.62. The summed E-state index contributed by atoms with van der Waals surface area (Å²) >= 11 is 3.66. The van der Waals surface area contributed by atoms with Crippen molar-refractivity contribution in [1.82, 2.24) is 9.55 Å². The van der Waals surface area contributed by atoms with Crippen LogP contribution < -0.4 is 0 Å². The maximum absolute atomic E-state index is 4.67. The molecule has 3 aromatic rings. The summed E-state index contributed by atoms with van der Waals surface area (Å²) in [5.74, 6) is 2.29. The van der Waals surface area contributed by atoms with Gasteiger partial charge in [-0.3, -0.25) is 0 Å². The summed E-state index contributed by atoms with van der Waals surface area (Å²) in [6.45, 7) is 2.53. The molecule has 1 saturated carbocycles. The normalized spacial score (nSPS) is 31.2. The van der Waals surface area contributed by atoms with Crippen molar-refractivity contribution in [2.45, 2.75) is 44.9 Å². The fourth-order valence-corrected chi connectivity index (χ4v) is 7.03. The lowest BCUT2D eigenvalue weighted by atomic mass is 9.55. The van der Waals surface area contributed by atoms with Crippen LogP contribution >= 0.6 is 15.9 Å². The number of hydrogen-bond acceptors (Lipinski definition) is 1. The first-order chi connectivity index (χ1) is 13.6. The fraction of sp³-hybridized carbons (Fsp3) is 0.400. The van der Waals surface area contributed by atoms with E-state index in [9.17, 15) is 0 Å². The van der Waals surface area contributed by atoms with Gasteiger partial charge in [0.25, 0.3) is 0 Å². The van der Waals surface area contributed by atoms with E-state index in [2.05, 4.69) is 80.9 Å². The van der Waals surface area contributed by atoms with E-state index in [4.69, 9.17) is 0 Å². The molecule has 1 fully saturated rings. The van der Waals surface area contributed by atoms with E-state index in [1.807, 2.05) is 6.33 Å². The van der Waals surface area contributed by atoms with Gasteiger partial charge in [0.1, 0.15) is 6.33 Å². The molecular formula is C25H25BrN2. The summed E-state index contributed by atoms with van der Waals surface area (Å²) in [4.78, 5) is 4.67. The lowest BCUT2D eigenvalue weighted by Crippen LogP contribution is -2.41. The Morgan fingerprint density at radius 1 is 1.14 bits per heavy atom. The molecule has 2 nitrogen and oxygen atoms in total. The Hall–Kier alpha value is -1.87. The van der Waals surface area contributed by atoms with Crippen LogP contribution in [-0.2, 0) is 6.42 Å². The van der Waals surface area contributed by atoms with Gasteiger partial charge in [-0.25, -0.2) is 4.98 Å². The molecule has 6 rings (SSSR count). The molecule has 142 valence electrons. The quantitative estimate of drug-likeness (QED) is 0.412. The van der Waals surface area contributed by atoms with Gasteiger partial charge in [0, 0.05) is 15.6 Å². The molecule has 2 aromatic carbocycles. The molecule has 3 heteroatoms. The molecule has 3 aliphatic carbocycles. The Morgan fingerprint density at radius 2 is 2.04 bits per heavy atom. The highest BCUT2D eigenvalue weighted by atomic mass is 79.9. The molecule has 0 spiro atoms. The Kier molecular flexibility index (Phi) is 3.69. The lowest BCUT2D eigenvalue weighted by Gasteiger charge is -2.50. The minimum atomic E-state index is 0.261. The van der Waals surface area contributed by atoms with Crippen molar-refractivity contribution >= 4 is 32.7 Å². The third kappa shape index (κ3) is 2.29. The molecule has 0 bridgehead atoms. The molecular weight excluding hydrogens is 408 g/mol. The Labute approximate surface area is 174 Å². The summed E-state index contributed by atoms with van der Waals surface area (Å²) in [5, 5.41) is 0. The molecule has 0 N–H and O–H groups in total. The molecule has 3 aliphatic rings. The zero-order valence-electron chi connectivity index (χ0n) is 16.2. The summed E-state index contributed by atoms with van der Waals surface area (Å²) in [7, 11) is 0. The molecule has 0 amide bonds. The summed E-state index contributed by atoms with van der Waals surface area (Å²) in [6, 6.07) is 15.5. The number of imidazole rings is 1. The van der Waals surface area contributed by atoms with Gasteiger partial charge in [0.05, 0.1) is 11.0 Å². The van der Waals surface area contributed by atoms with Crippen LogP contribution in [0.5, 0.6) is 0 Å². The Balaban J connectivity index is 1.38. The second kappa shape index (κ2) is 6.06. The number of aryl methyl sites for hydroxylation is 1. The van der Waals surface area contributed by atoms with Gasteiger partial charge < -0.3 is 4.57 Å². The van der Waals surface area contributed by atoms with Crippen molar-refractivity contribution in [1.29, 1.82) is 0 Å². The number of aromatic nitrogens is 2. The van der Waals surface area contributed by atoms with Crippen molar-refractivity contribution in [3.05, 3.63) is 70.5 Å². The maximum atomic E-state index is 4.67. The zero-order valence-corrected chi connectivity index (χ0v) is 17.8. The highest BCUT2D eigenvalue weighted by molar-refractivity contribution is 9.10. The van der Waals surface area contributed by atoms with Crippen LogP contribution in [0.15, 0.2) is 59.3 Å². The summed E-state index contributed by atoms with van der Waals surface area (Å²) < 4.78 is 3.60. The first-order valence-corrected chi connectivity index (χ1v) is 11.4. The van der Waals surface area contributed by atoms with E-state index in [0.29, 0.717) is 0 Å². The maximum Gasteiger partial charge on any atom is 0.100 e. The Morgan fingerprint density at radius 3 is 2.96 bits per heavy atom. The van der Waals surface area contributed by atoms with E-state index in [0.717, 1.165) is 23.3 Å². The van der Waals surface area contributed by atoms with Crippen molar-refractivity contribution < 1.29 is 0 Å². The van der Waals surface area contributed by atoms with Crippen molar-refractivity contribution in [2.75, 3.05) is 0 Å². The molecule has 0 saturated heterocycles. The van der Waals surface area contributed by atoms with Crippen molar-refractivity contribution in [2.24, 2.45) is 17.3 Å². The SMILES string of the molecule is C[C@]12CCC3c4ccc(Br)cc4CCC3C1CC=C2n1cnc2ccccc21. The number of hydrogen-bond donors (Lipinski definition) is 0. The first-order valence-electron chi connectivity index (χ1n) is 10.6. The number of benzene rings is 2. The third-order valence-corrected chi connectivity index (χ3v) is 8.43. The molecule has 1 aromatic heterocycles. The van der Waals surface area contributed by atoms with Crippen LogP contribution in [0, 0.1) is 17.3 Å². The predicted molar refractivity (Wildman–Crippen MR) is 118 cm³/mol. The Bertz CT molecular complexity index is 1110. The van der Waals surface area contributed by atoms with Crippen LogP contribution in [0.25, 0.3) is 16.7 Å². The minimum absolute atomic E-state index is 0.261. The van der Waals surface area contributed by atoms with Gasteiger partial charge in [0.2, 0.25) is 0 Å². The van der Waals surface area contributed by atoms with E-state index >= 15 is 0 Å². The third-order valence-electron chi connectivity index (χ3n) is 7.94.